The molecule has 1 N–H and O–H groups in total. The number of nitriles is 1. The Labute approximate surface area is 219 Å². The van der Waals surface area contributed by atoms with Gasteiger partial charge in [0.1, 0.15) is 18.2 Å². The smallest absolute Gasteiger partial charge is 0.266 e. The molecule has 0 aliphatic rings. The summed E-state index contributed by atoms with van der Waals surface area (Å²) < 4.78 is 11.6. The minimum absolute atomic E-state index is 0.0786. The molecule has 0 fully saturated rings. The Morgan fingerprint density at radius 3 is 2.46 bits per heavy atom. The minimum Gasteiger partial charge on any atom is -0.490 e. The predicted molar refractivity (Wildman–Crippen MR) is 142 cm³/mol. The van der Waals surface area contributed by atoms with Crippen molar-refractivity contribution in [3.8, 4) is 17.6 Å². The fourth-order valence-electron chi connectivity index (χ4n) is 3.32. The van der Waals surface area contributed by atoms with Gasteiger partial charge in [0.05, 0.1) is 11.6 Å². The molecule has 0 bridgehead atoms. The Kier molecular flexibility index (Phi) is 9.06. The maximum atomic E-state index is 12.8. The van der Waals surface area contributed by atoms with Crippen molar-refractivity contribution in [3.05, 3.63) is 91.4 Å². The van der Waals surface area contributed by atoms with Crippen LogP contribution in [0.25, 0.3) is 6.08 Å². The van der Waals surface area contributed by atoms with Crippen molar-refractivity contribution in [1.82, 2.24) is 0 Å². The van der Waals surface area contributed by atoms with Crippen LogP contribution in [0.3, 0.4) is 0 Å². The summed E-state index contributed by atoms with van der Waals surface area (Å²) in [5.41, 5.74) is 3.79. The molecule has 0 aliphatic carbocycles. The van der Waals surface area contributed by atoms with Crippen molar-refractivity contribution in [2.24, 2.45) is 0 Å². The molecule has 0 radical (unpaired) electrons. The molecule has 0 saturated heterocycles. The summed E-state index contributed by atoms with van der Waals surface area (Å²) in [6.45, 7) is 6.19. The quantitative estimate of drug-likeness (QED) is 0.239. The SMILES string of the molecule is CCOc1cc(/C=C(\C#N)C(=O)Nc2ccc(C)cc2C)cc(Cl)c1OCc1ccc(Cl)cc1Cl. The van der Waals surface area contributed by atoms with Crippen LogP contribution in [0.2, 0.25) is 15.1 Å². The monoisotopic (exact) mass is 528 g/mol. The van der Waals surface area contributed by atoms with Crippen LogP contribution in [-0.2, 0) is 11.4 Å². The van der Waals surface area contributed by atoms with Crippen LogP contribution < -0.4 is 14.8 Å². The molecule has 0 unspecified atom stereocenters. The van der Waals surface area contributed by atoms with Crippen LogP contribution in [0, 0.1) is 25.2 Å². The highest BCUT2D eigenvalue weighted by Gasteiger charge is 2.16. The average molecular weight is 530 g/mol. The van der Waals surface area contributed by atoms with Gasteiger partial charge in [-0.3, -0.25) is 4.79 Å². The number of aryl methyl sites for hydroxylation is 2. The zero-order chi connectivity index (χ0) is 25.5. The number of hydrogen-bond donors (Lipinski definition) is 1. The lowest BCUT2D eigenvalue weighted by Crippen LogP contribution is -2.14. The van der Waals surface area contributed by atoms with Gasteiger partial charge < -0.3 is 14.8 Å². The zero-order valence-corrected chi connectivity index (χ0v) is 21.7. The van der Waals surface area contributed by atoms with E-state index < -0.39 is 5.91 Å². The first-order valence-electron chi connectivity index (χ1n) is 10.7. The topological polar surface area (TPSA) is 71.3 Å². The summed E-state index contributed by atoms with van der Waals surface area (Å²) >= 11 is 18.7. The maximum absolute atomic E-state index is 12.8. The Morgan fingerprint density at radius 1 is 1.03 bits per heavy atom. The summed E-state index contributed by atoms with van der Waals surface area (Å²) in [6.07, 6.45) is 1.45. The molecule has 8 heteroatoms. The number of ether oxygens (including phenoxy) is 2. The second-order valence-electron chi connectivity index (χ2n) is 7.73. The third kappa shape index (κ3) is 6.93. The Morgan fingerprint density at radius 2 is 1.80 bits per heavy atom. The third-order valence-corrected chi connectivity index (χ3v) is 5.89. The van der Waals surface area contributed by atoms with Gasteiger partial charge in [0, 0.05) is 21.3 Å². The molecule has 5 nitrogen and oxygen atoms in total. The molecule has 0 aliphatic heterocycles. The number of hydrogen-bond acceptors (Lipinski definition) is 4. The van der Waals surface area contributed by atoms with E-state index in [0.29, 0.717) is 39.4 Å². The summed E-state index contributed by atoms with van der Waals surface area (Å²) in [5, 5.41) is 13.7. The molecule has 180 valence electrons. The Balaban J connectivity index is 1.86. The van der Waals surface area contributed by atoms with Gasteiger partial charge >= 0.3 is 0 Å². The first-order valence-corrected chi connectivity index (χ1v) is 11.9. The average Bonchev–Trinajstić information content (AvgIpc) is 2.80. The van der Waals surface area contributed by atoms with Crippen LogP contribution in [-0.4, -0.2) is 12.5 Å². The van der Waals surface area contributed by atoms with Crippen LogP contribution >= 0.6 is 34.8 Å². The van der Waals surface area contributed by atoms with E-state index in [-0.39, 0.29) is 17.2 Å². The van der Waals surface area contributed by atoms with Crippen molar-refractivity contribution < 1.29 is 14.3 Å². The summed E-state index contributed by atoms with van der Waals surface area (Å²) in [7, 11) is 0. The number of halogens is 3. The fourth-order valence-corrected chi connectivity index (χ4v) is 4.06. The Hall–Kier alpha value is -3.17. The molecule has 0 heterocycles. The third-order valence-electron chi connectivity index (χ3n) is 5.03. The normalized spacial score (nSPS) is 11.1. The van der Waals surface area contributed by atoms with Gasteiger partial charge in [0.2, 0.25) is 0 Å². The molecule has 3 rings (SSSR count). The van der Waals surface area contributed by atoms with Gasteiger partial charge in [-0.25, -0.2) is 0 Å². The number of carbonyl (C=O) groups excluding carboxylic acids is 1. The summed E-state index contributed by atoms with van der Waals surface area (Å²) in [5.74, 6) is 0.185. The lowest BCUT2D eigenvalue weighted by molar-refractivity contribution is -0.112. The number of nitrogens with one attached hydrogen (secondary N) is 1. The van der Waals surface area contributed by atoms with Gasteiger partial charge in [-0.1, -0.05) is 58.6 Å². The first kappa shape index (κ1) is 26.4. The number of benzene rings is 3. The van der Waals surface area contributed by atoms with E-state index in [4.69, 9.17) is 44.3 Å². The largest absolute Gasteiger partial charge is 0.490 e. The highest BCUT2D eigenvalue weighted by molar-refractivity contribution is 6.35. The Bertz CT molecular complexity index is 1330. The van der Waals surface area contributed by atoms with E-state index in [9.17, 15) is 10.1 Å². The standard InChI is InChI=1S/C27H23Cl3N2O3/c1-4-34-25-12-18(10-20(14-31)27(33)32-24-8-5-16(2)9-17(24)3)11-23(30)26(25)35-15-19-6-7-21(28)13-22(19)29/h5-13H,4,15H2,1-3H3,(H,32,33)/b20-10+. The molecule has 0 atom stereocenters. The van der Waals surface area contributed by atoms with Gasteiger partial charge in [0.15, 0.2) is 11.5 Å². The van der Waals surface area contributed by atoms with Crippen LogP contribution in [0.5, 0.6) is 11.5 Å². The molecule has 3 aromatic carbocycles. The maximum Gasteiger partial charge on any atom is 0.266 e. The molecular weight excluding hydrogens is 507 g/mol. The van der Waals surface area contributed by atoms with Crippen molar-refractivity contribution in [2.45, 2.75) is 27.4 Å². The second kappa shape index (κ2) is 12.0. The molecule has 0 saturated carbocycles. The van der Waals surface area contributed by atoms with Crippen molar-refractivity contribution in [3.63, 3.8) is 0 Å². The van der Waals surface area contributed by atoms with Gasteiger partial charge in [-0.15, -0.1) is 0 Å². The molecule has 0 spiro atoms. The van der Waals surface area contributed by atoms with Gasteiger partial charge in [-0.2, -0.15) is 5.26 Å². The number of carbonyl (C=O) groups is 1. The molecule has 0 aromatic heterocycles. The summed E-state index contributed by atoms with van der Waals surface area (Å²) in [4.78, 5) is 12.8. The van der Waals surface area contributed by atoms with Crippen molar-refractivity contribution in [1.29, 1.82) is 5.26 Å². The highest BCUT2D eigenvalue weighted by Crippen LogP contribution is 2.38. The first-order chi connectivity index (χ1) is 16.7. The number of rotatable bonds is 8. The summed E-state index contributed by atoms with van der Waals surface area (Å²) in [6, 6.07) is 16.0. The van der Waals surface area contributed by atoms with Crippen LogP contribution in [0.4, 0.5) is 5.69 Å². The van der Waals surface area contributed by atoms with E-state index in [1.54, 1.807) is 36.4 Å². The number of nitrogens with zero attached hydrogens (tertiary/aromatic N) is 1. The van der Waals surface area contributed by atoms with Gasteiger partial charge in [0.25, 0.3) is 5.91 Å². The van der Waals surface area contributed by atoms with Crippen molar-refractivity contribution >= 4 is 52.5 Å². The minimum atomic E-state index is -0.522. The predicted octanol–water partition coefficient (Wildman–Crippen LogP) is 7.79. The molecular formula is C27H23Cl3N2O3. The fraction of sp³-hybridized carbons (Fsp3) is 0.185. The number of amides is 1. The number of anilines is 1. The second-order valence-corrected chi connectivity index (χ2v) is 8.98. The van der Waals surface area contributed by atoms with Crippen molar-refractivity contribution in [2.75, 3.05) is 11.9 Å². The van der Waals surface area contributed by atoms with E-state index >= 15 is 0 Å². The molecule has 3 aromatic rings. The van der Waals surface area contributed by atoms with E-state index in [2.05, 4.69) is 5.32 Å². The molecule has 35 heavy (non-hydrogen) atoms. The lowest BCUT2D eigenvalue weighted by atomic mass is 10.1. The van der Waals surface area contributed by atoms with Crippen LogP contribution in [0.1, 0.15) is 29.2 Å². The van der Waals surface area contributed by atoms with Crippen LogP contribution in [0.15, 0.2) is 54.1 Å². The lowest BCUT2D eigenvalue weighted by Gasteiger charge is -2.15. The highest BCUT2D eigenvalue weighted by atomic mass is 35.5. The van der Waals surface area contributed by atoms with Gasteiger partial charge in [-0.05, 0) is 68.3 Å². The van der Waals surface area contributed by atoms with E-state index in [0.717, 1.165) is 16.7 Å². The van der Waals surface area contributed by atoms with E-state index in [1.807, 2.05) is 39.0 Å². The van der Waals surface area contributed by atoms with E-state index in [1.165, 1.54) is 6.08 Å². The molecule has 1 amide bonds. The zero-order valence-electron chi connectivity index (χ0n) is 19.4.